The van der Waals surface area contributed by atoms with E-state index in [4.69, 9.17) is 25.8 Å². The van der Waals surface area contributed by atoms with Gasteiger partial charge in [0, 0.05) is 30.3 Å². The number of Topliss-reactive ketones (excluding diaryl/α,β-unsaturated/α-hetero) is 1. The zero-order chi connectivity index (χ0) is 24.8. The summed E-state index contributed by atoms with van der Waals surface area (Å²) >= 11 is 6.38. The number of aliphatic hydroxyl groups is 1. The van der Waals surface area contributed by atoms with Gasteiger partial charge in [0.1, 0.15) is 22.1 Å². The van der Waals surface area contributed by atoms with Crippen molar-refractivity contribution in [2.45, 2.75) is 25.0 Å². The summed E-state index contributed by atoms with van der Waals surface area (Å²) in [7, 11) is 2.82. The van der Waals surface area contributed by atoms with Crippen molar-refractivity contribution in [2.75, 3.05) is 20.8 Å². The highest BCUT2D eigenvalue weighted by molar-refractivity contribution is 6.36. The summed E-state index contributed by atoms with van der Waals surface area (Å²) < 4.78 is 16.6. The Morgan fingerprint density at radius 2 is 1.88 bits per heavy atom. The number of nitrogens with one attached hydrogen (secondary N) is 1. The lowest BCUT2D eigenvalue weighted by Crippen LogP contribution is -2.55. The molecule has 34 heavy (non-hydrogen) atoms. The average molecular weight is 490 g/mol. The molecule has 0 fully saturated rings. The Morgan fingerprint density at radius 1 is 1.18 bits per heavy atom. The van der Waals surface area contributed by atoms with E-state index in [9.17, 15) is 24.9 Å². The minimum atomic E-state index is -1.78. The number of aromatic hydroxyl groups is 2. The number of methoxy groups -OCH3 is 2. The molecule has 0 amide bonds. The molecule has 2 aliphatic rings. The Hall–Kier alpha value is -3.43. The van der Waals surface area contributed by atoms with E-state index in [0.29, 0.717) is 11.3 Å². The average Bonchev–Trinajstić information content (AvgIpc) is 3.13. The van der Waals surface area contributed by atoms with Gasteiger partial charge in [-0.15, -0.1) is 0 Å². The van der Waals surface area contributed by atoms with E-state index >= 15 is 0 Å². The van der Waals surface area contributed by atoms with Crippen molar-refractivity contribution in [3.8, 4) is 28.7 Å². The van der Waals surface area contributed by atoms with Gasteiger partial charge in [-0.05, 0) is 24.1 Å². The molecule has 0 aromatic heterocycles. The Balaban J connectivity index is 1.58. The second-order valence-corrected chi connectivity index (χ2v) is 8.63. The first-order valence-corrected chi connectivity index (χ1v) is 10.9. The topological polar surface area (TPSA) is 135 Å². The van der Waals surface area contributed by atoms with Crippen molar-refractivity contribution in [1.82, 2.24) is 5.32 Å². The van der Waals surface area contributed by atoms with E-state index in [2.05, 4.69) is 5.32 Å². The number of carbonyl (C=O) groups excluding carboxylic acids is 2. The lowest BCUT2D eigenvalue weighted by Gasteiger charge is -2.35. The molecule has 3 unspecified atom stereocenters. The van der Waals surface area contributed by atoms with Crippen LogP contribution in [-0.4, -0.2) is 53.3 Å². The molecular weight excluding hydrogens is 466 g/mol. The van der Waals surface area contributed by atoms with Crippen molar-refractivity contribution >= 4 is 23.2 Å². The number of ether oxygens (including phenoxy) is 3. The maximum absolute atomic E-state index is 13.5. The number of halogens is 1. The molecule has 3 atom stereocenters. The van der Waals surface area contributed by atoms with Crippen molar-refractivity contribution in [3.63, 3.8) is 0 Å². The first-order chi connectivity index (χ1) is 16.1. The first kappa shape index (κ1) is 23.7. The maximum Gasteiger partial charge on any atom is 0.236 e. The van der Waals surface area contributed by atoms with Crippen molar-refractivity contribution < 1.29 is 39.1 Å². The number of allylic oxidation sites excluding steroid dienone is 1. The van der Waals surface area contributed by atoms with E-state index in [0.717, 1.165) is 0 Å². The Labute approximate surface area is 200 Å². The Morgan fingerprint density at radius 3 is 2.50 bits per heavy atom. The van der Waals surface area contributed by atoms with Gasteiger partial charge in [0.2, 0.25) is 17.2 Å². The third kappa shape index (κ3) is 3.61. The molecule has 4 N–H and O–H groups in total. The van der Waals surface area contributed by atoms with Crippen LogP contribution in [0.4, 0.5) is 0 Å². The van der Waals surface area contributed by atoms with Gasteiger partial charge in [0.25, 0.3) is 0 Å². The van der Waals surface area contributed by atoms with Crippen LogP contribution in [0.3, 0.4) is 0 Å². The van der Waals surface area contributed by atoms with Gasteiger partial charge < -0.3 is 34.8 Å². The smallest absolute Gasteiger partial charge is 0.236 e. The van der Waals surface area contributed by atoms with Crippen molar-refractivity contribution in [1.29, 1.82) is 0 Å². The van der Waals surface area contributed by atoms with Crippen LogP contribution in [0.1, 0.15) is 35.4 Å². The molecule has 10 heteroatoms. The van der Waals surface area contributed by atoms with E-state index in [-0.39, 0.29) is 52.3 Å². The van der Waals surface area contributed by atoms with E-state index in [1.54, 1.807) is 6.92 Å². The van der Waals surface area contributed by atoms with Crippen LogP contribution in [0.25, 0.3) is 0 Å². The van der Waals surface area contributed by atoms with E-state index < -0.39 is 29.2 Å². The van der Waals surface area contributed by atoms with Gasteiger partial charge in [-0.25, -0.2) is 0 Å². The monoisotopic (exact) mass is 489 g/mol. The molecule has 2 aromatic rings. The third-order valence-corrected chi connectivity index (χ3v) is 6.57. The minimum Gasteiger partial charge on any atom is -0.504 e. The predicted molar refractivity (Wildman–Crippen MR) is 122 cm³/mol. The van der Waals surface area contributed by atoms with Crippen molar-refractivity contribution in [3.05, 3.63) is 52.2 Å². The number of phenolic OH excluding ortho intramolecular Hbond substituents is 2. The van der Waals surface area contributed by atoms with Crippen LogP contribution in [-0.2, 0) is 4.79 Å². The fourth-order valence-electron chi connectivity index (χ4n) is 4.35. The molecule has 1 spiro atoms. The van der Waals surface area contributed by atoms with E-state index in [1.165, 1.54) is 44.6 Å². The number of fused-ring (bicyclic) bond motifs is 1. The number of hydrogen-bond acceptors (Lipinski definition) is 9. The Bertz CT molecular complexity index is 1210. The molecule has 0 radical (unpaired) electrons. The molecule has 1 heterocycles. The molecular formula is C24H24ClNO8. The lowest BCUT2D eigenvalue weighted by atomic mass is 9.74. The van der Waals surface area contributed by atoms with Gasteiger partial charge in [-0.3, -0.25) is 9.59 Å². The van der Waals surface area contributed by atoms with Gasteiger partial charge in [-0.1, -0.05) is 24.6 Å². The number of hydrogen-bond donors (Lipinski definition) is 4. The van der Waals surface area contributed by atoms with Crippen LogP contribution < -0.4 is 19.5 Å². The first-order valence-electron chi connectivity index (χ1n) is 10.5. The van der Waals surface area contributed by atoms with Gasteiger partial charge in [0.05, 0.1) is 20.3 Å². The molecule has 1 aliphatic carbocycles. The highest BCUT2D eigenvalue weighted by atomic mass is 35.5. The predicted octanol–water partition coefficient (Wildman–Crippen LogP) is 2.90. The number of ketones is 2. The van der Waals surface area contributed by atoms with Crippen LogP contribution in [0.5, 0.6) is 28.7 Å². The number of phenols is 2. The second-order valence-electron chi connectivity index (χ2n) is 8.25. The molecule has 4 rings (SSSR count). The summed E-state index contributed by atoms with van der Waals surface area (Å²) in [5.74, 6) is -1.78. The zero-order valence-corrected chi connectivity index (χ0v) is 19.5. The maximum atomic E-state index is 13.5. The van der Waals surface area contributed by atoms with E-state index in [1.807, 2.05) is 0 Å². The minimum absolute atomic E-state index is 0.0366. The number of benzene rings is 2. The zero-order valence-electron chi connectivity index (χ0n) is 18.7. The molecule has 0 saturated carbocycles. The van der Waals surface area contributed by atoms with Crippen LogP contribution in [0.15, 0.2) is 36.0 Å². The molecule has 1 aliphatic heterocycles. The standard InChI is InChI=1S/C24H24ClNO8/c1-11-6-13(26-10-16(29)12-4-5-14(27)15(28)7-12)8-19(30)24(11)23(31)20-17(32-2)9-18(33-3)21(25)22(20)34-24/h4-5,7-9,11,16,26-29H,6,10H2,1-3H3. The summed E-state index contributed by atoms with van der Waals surface area (Å²) in [4.78, 5) is 26.8. The molecule has 0 saturated heterocycles. The van der Waals surface area contributed by atoms with Crippen LogP contribution >= 0.6 is 11.6 Å². The van der Waals surface area contributed by atoms with Gasteiger partial charge in [-0.2, -0.15) is 0 Å². The summed E-state index contributed by atoms with van der Waals surface area (Å²) in [5, 5.41) is 32.6. The summed E-state index contributed by atoms with van der Waals surface area (Å²) in [6.45, 7) is 1.76. The summed E-state index contributed by atoms with van der Waals surface area (Å²) in [6.07, 6.45) is 0.566. The SMILES string of the molecule is COc1cc(OC)c2c(c1Cl)OC1(C(=O)C=C(NCC(O)c3ccc(O)c(O)c3)CC1C)C2=O. The highest BCUT2D eigenvalue weighted by Gasteiger charge is 2.60. The van der Waals surface area contributed by atoms with Gasteiger partial charge >= 0.3 is 0 Å². The summed E-state index contributed by atoms with van der Waals surface area (Å²) in [6, 6.07) is 5.49. The fourth-order valence-corrected chi connectivity index (χ4v) is 4.61. The Kier molecular flexibility index (Phi) is 6.09. The second kappa shape index (κ2) is 8.73. The summed E-state index contributed by atoms with van der Waals surface area (Å²) in [5.41, 5.74) is -0.775. The lowest BCUT2D eigenvalue weighted by molar-refractivity contribution is -0.129. The number of rotatable bonds is 6. The quantitative estimate of drug-likeness (QED) is 0.357. The number of aliphatic hydroxyl groups excluding tert-OH is 1. The molecule has 180 valence electrons. The van der Waals surface area contributed by atoms with Gasteiger partial charge in [0.15, 0.2) is 17.2 Å². The highest BCUT2D eigenvalue weighted by Crippen LogP contribution is 2.52. The van der Waals surface area contributed by atoms with Crippen LogP contribution in [0, 0.1) is 5.92 Å². The number of carbonyl (C=O) groups is 2. The van der Waals surface area contributed by atoms with Crippen molar-refractivity contribution in [2.24, 2.45) is 5.92 Å². The molecule has 2 aromatic carbocycles. The molecule has 9 nitrogen and oxygen atoms in total. The largest absolute Gasteiger partial charge is 0.504 e. The molecule has 0 bridgehead atoms. The fraction of sp³-hybridized carbons (Fsp3) is 0.333. The third-order valence-electron chi connectivity index (χ3n) is 6.22. The van der Waals surface area contributed by atoms with Crippen LogP contribution in [0.2, 0.25) is 5.02 Å². The normalized spacial score (nSPS) is 22.1.